The normalized spacial score (nSPS) is 25.7. The number of amides is 3. The summed E-state index contributed by atoms with van der Waals surface area (Å²) in [5.41, 5.74) is -8.24. The van der Waals surface area contributed by atoms with Crippen LogP contribution >= 0.6 is 0 Å². The Morgan fingerprint density at radius 1 is 0.681 bits per heavy atom. The van der Waals surface area contributed by atoms with Crippen molar-refractivity contribution in [2.75, 3.05) is 20.3 Å². The van der Waals surface area contributed by atoms with Crippen LogP contribution in [0.25, 0.3) is 0 Å². The van der Waals surface area contributed by atoms with Crippen LogP contribution in [0.1, 0.15) is 110 Å². The Morgan fingerprint density at radius 2 is 1.22 bits per heavy atom. The Bertz CT molecular complexity index is 3900. The molecule has 2 bridgehead atoms. The van der Waals surface area contributed by atoms with Crippen molar-refractivity contribution in [2.45, 2.75) is 120 Å². The highest BCUT2D eigenvalue weighted by molar-refractivity contribution is 6.13. The second-order valence-corrected chi connectivity index (χ2v) is 25.0. The fourth-order valence-corrected chi connectivity index (χ4v) is 14.6. The van der Waals surface area contributed by atoms with E-state index in [1.165, 1.54) is 26.2 Å². The lowest BCUT2D eigenvalue weighted by Crippen LogP contribution is -2.82. The zero-order chi connectivity index (χ0) is 66.9. The molecule has 3 aliphatic carbocycles. The number of ether oxygens (including phenoxy) is 8. The molecule has 486 valence electrons. The summed E-state index contributed by atoms with van der Waals surface area (Å²) in [6.45, 7) is 7.40. The van der Waals surface area contributed by atoms with Crippen LogP contribution < -0.4 is 10.1 Å². The molecule has 2 aliphatic heterocycles. The number of carbonyl (C=O) groups excluding carboxylic acids is 9. The van der Waals surface area contributed by atoms with Crippen LogP contribution in [0.2, 0.25) is 0 Å². The third-order valence-electron chi connectivity index (χ3n) is 19.3. The number of carbonyl (C=O) groups is 9. The van der Waals surface area contributed by atoms with Gasteiger partial charge in [0, 0.05) is 56.4 Å². The standard InChI is InChI=1S/C74H72N2O18/c1-44-54(90-69(85)63(61(47-23-13-8-14-24-47)75-67(83)48-25-15-9-16-26-48)94-74(50-29-19-11-20-30-50,51-31-21-12-22-32-51)52-33-35-53(87-7)36-34-52)42-73(86)66(92-68(84)49-27-17-10-18-28-49)64-71(6,65(82)62(89-45(2)77)60(44)70(73,4)5)55(41-56-72(64,43-88-56)93-46(3)78)91-59(81)39-40-76-57(79)37-38-58(76)80/h8-38,54-56,61-64,66,86H,39-43H2,1-7H3,(H,75,83)/t54-,55-,56+,61-,62+,63+,64?,66-,71+,72-,73+/m0/s1. The Kier molecular flexibility index (Phi) is 18.3. The molecule has 5 aliphatic rings. The van der Waals surface area contributed by atoms with E-state index < -0.39 is 156 Å². The first-order valence-corrected chi connectivity index (χ1v) is 31.0. The van der Waals surface area contributed by atoms with Crippen LogP contribution in [0, 0.1) is 16.7 Å². The van der Waals surface area contributed by atoms with Gasteiger partial charge in [-0.25, -0.2) is 9.59 Å². The highest BCUT2D eigenvalue weighted by atomic mass is 16.6. The van der Waals surface area contributed by atoms with Gasteiger partial charge in [-0.05, 0) is 83.6 Å². The van der Waals surface area contributed by atoms with Crippen molar-refractivity contribution in [3.05, 3.63) is 233 Å². The molecule has 3 amide bonds. The number of nitrogens with zero attached hydrogens (tertiary/aromatic N) is 1. The van der Waals surface area contributed by atoms with Crippen LogP contribution in [0.5, 0.6) is 5.75 Å². The monoisotopic (exact) mass is 1280 g/mol. The summed E-state index contributed by atoms with van der Waals surface area (Å²) in [6, 6.07) is 48.7. The average molecular weight is 1280 g/mol. The number of hydrogen-bond acceptors (Lipinski definition) is 18. The van der Waals surface area contributed by atoms with E-state index in [1.54, 1.807) is 124 Å². The number of nitrogens with one attached hydrogen (secondary N) is 1. The molecule has 11 rings (SSSR count). The van der Waals surface area contributed by atoms with Crippen molar-refractivity contribution >= 4 is 53.4 Å². The second-order valence-electron chi connectivity index (χ2n) is 25.0. The van der Waals surface area contributed by atoms with Gasteiger partial charge in [0.1, 0.15) is 41.4 Å². The van der Waals surface area contributed by atoms with Crippen molar-refractivity contribution in [3.63, 3.8) is 0 Å². The number of rotatable bonds is 20. The highest BCUT2D eigenvalue weighted by Gasteiger charge is 2.79. The molecule has 3 fully saturated rings. The van der Waals surface area contributed by atoms with Crippen molar-refractivity contribution < 1.29 is 86.2 Å². The summed E-state index contributed by atoms with van der Waals surface area (Å²) in [6.07, 6.45) is -9.89. The first-order valence-electron chi connectivity index (χ1n) is 31.0. The summed E-state index contributed by atoms with van der Waals surface area (Å²) < 4.78 is 52.1. The smallest absolute Gasteiger partial charge is 0.338 e. The van der Waals surface area contributed by atoms with E-state index >= 15 is 14.4 Å². The second kappa shape index (κ2) is 26.2. The molecule has 2 N–H and O–H groups in total. The zero-order valence-corrected chi connectivity index (χ0v) is 52.9. The Morgan fingerprint density at radius 3 is 1.76 bits per heavy atom. The van der Waals surface area contributed by atoms with E-state index in [2.05, 4.69) is 5.32 Å². The molecule has 6 aromatic carbocycles. The number of imide groups is 1. The van der Waals surface area contributed by atoms with E-state index in [-0.39, 0.29) is 28.7 Å². The van der Waals surface area contributed by atoms with E-state index in [4.69, 9.17) is 37.9 Å². The molecular weight excluding hydrogens is 1200 g/mol. The molecule has 0 aromatic heterocycles. The Balaban J connectivity index is 1.12. The van der Waals surface area contributed by atoms with Crippen LogP contribution in [0.15, 0.2) is 199 Å². The van der Waals surface area contributed by atoms with Crippen LogP contribution in [-0.4, -0.2) is 131 Å². The van der Waals surface area contributed by atoms with Crippen molar-refractivity contribution in [2.24, 2.45) is 16.7 Å². The minimum Gasteiger partial charge on any atom is -0.497 e. The van der Waals surface area contributed by atoms with E-state index in [0.29, 0.717) is 28.0 Å². The summed E-state index contributed by atoms with van der Waals surface area (Å²) >= 11 is 0. The fourth-order valence-electron chi connectivity index (χ4n) is 14.6. The molecule has 6 aromatic rings. The number of Topliss-reactive ketones (excluding diaryl/α,β-unsaturated/α-hetero) is 1. The Hall–Kier alpha value is -9.89. The van der Waals surface area contributed by atoms with Gasteiger partial charge in [-0.1, -0.05) is 153 Å². The van der Waals surface area contributed by atoms with E-state index in [1.807, 2.05) is 60.7 Å². The number of aliphatic hydroxyl groups is 1. The summed E-state index contributed by atoms with van der Waals surface area (Å²) in [7, 11) is 1.53. The topological polar surface area (TPSA) is 263 Å². The lowest BCUT2D eigenvalue weighted by Gasteiger charge is -2.67. The zero-order valence-electron chi connectivity index (χ0n) is 52.9. The van der Waals surface area contributed by atoms with Crippen LogP contribution in [0.4, 0.5) is 0 Å². The molecule has 94 heavy (non-hydrogen) atoms. The van der Waals surface area contributed by atoms with Gasteiger partial charge in [0.05, 0.1) is 43.1 Å². The maximum Gasteiger partial charge on any atom is 0.338 e. The van der Waals surface area contributed by atoms with Crippen LogP contribution in [-0.2, 0) is 72.3 Å². The quantitative estimate of drug-likeness (QED) is 0.0238. The number of hydrogen-bond donors (Lipinski definition) is 2. The van der Waals surface area contributed by atoms with Crippen molar-refractivity contribution in [1.29, 1.82) is 0 Å². The van der Waals surface area contributed by atoms with Crippen molar-refractivity contribution in [3.8, 4) is 5.75 Å². The molecule has 11 atom stereocenters. The molecule has 2 heterocycles. The third-order valence-corrected chi connectivity index (χ3v) is 19.3. The van der Waals surface area contributed by atoms with Gasteiger partial charge in [-0.15, -0.1) is 0 Å². The lowest BCUT2D eigenvalue weighted by atomic mass is 9.44. The molecule has 0 spiro atoms. The predicted molar refractivity (Wildman–Crippen MR) is 337 cm³/mol. The van der Waals surface area contributed by atoms with Gasteiger partial charge >= 0.3 is 29.8 Å². The summed E-state index contributed by atoms with van der Waals surface area (Å²) in [4.78, 5) is 132. The minimum absolute atomic E-state index is 0.00795. The molecule has 20 nitrogen and oxygen atoms in total. The van der Waals surface area contributed by atoms with Crippen molar-refractivity contribution in [1.82, 2.24) is 10.2 Å². The third kappa shape index (κ3) is 11.8. The van der Waals surface area contributed by atoms with Gasteiger partial charge in [-0.3, -0.25) is 38.5 Å². The molecule has 20 heteroatoms. The summed E-state index contributed by atoms with van der Waals surface area (Å²) in [5.74, 6) is -9.12. The highest BCUT2D eigenvalue weighted by Crippen LogP contribution is 2.65. The predicted octanol–water partition coefficient (Wildman–Crippen LogP) is 8.63. The largest absolute Gasteiger partial charge is 0.497 e. The van der Waals surface area contributed by atoms with E-state index in [9.17, 15) is 33.9 Å². The number of methoxy groups -OCH3 is 1. The molecule has 0 radical (unpaired) electrons. The maximum atomic E-state index is 16.8. The minimum atomic E-state index is -2.61. The first-order chi connectivity index (χ1) is 45.0. The van der Waals surface area contributed by atoms with Gasteiger partial charge in [0.15, 0.2) is 23.6 Å². The van der Waals surface area contributed by atoms with Gasteiger partial charge < -0.3 is 48.3 Å². The average Bonchev–Trinajstić information content (AvgIpc) is 0.736. The van der Waals surface area contributed by atoms with Gasteiger partial charge in [-0.2, -0.15) is 0 Å². The number of ketones is 1. The number of esters is 5. The molecular formula is C74H72N2O18. The van der Waals surface area contributed by atoms with E-state index in [0.717, 1.165) is 30.9 Å². The summed E-state index contributed by atoms with van der Waals surface area (Å²) in [5, 5.41) is 17.8. The lowest BCUT2D eigenvalue weighted by molar-refractivity contribution is -0.346. The van der Waals surface area contributed by atoms with Crippen LogP contribution in [0.3, 0.4) is 0 Å². The first kappa shape index (κ1) is 65.6. The SMILES string of the molecule is COc1ccc(C(O[C@@H](C(=O)O[C@H]2C[C@@]3(O)[C@@H](OC(=O)c4ccccc4)C4[C@](C)(C(=O)[C@H](OC(C)=O)C(=C2C)C3(C)C)[C@@H](OC(=O)CCN2C(=O)C=CC2=O)C[C@H]2OC[C@@]42OC(C)=O)[C@@H](NC(=O)c2ccccc2)c2ccccc2)(c2ccccc2)c2ccccc2)cc1. The van der Waals surface area contributed by atoms with Gasteiger partial charge in [0.25, 0.3) is 17.7 Å². The fraction of sp³-hybridized carbons (Fsp3) is 0.338. The molecule has 1 unspecified atom stereocenters. The van der Waals surface area contributed by atoms with Gasteiger partial charge in [0.2, 0.25) is 0 Å². The Labute approximate surface area is 543 Å². The molecule has 2 saturated carbocycles. The number of fused-ring (bicyclic) bond motifs is 5. The maximum absolute atomic E-state index is 16.8. The number of benzene rings is 6. The molecule has 1 saturated heterocycles.